The molecule has 0 spiro atoms. The fourth-order valence-electron chi connectivity index (χ4n) is 3.45. The molecular weight excluding hydrogens is 238 g/mol. The van der Waals surface area contributed by atoms with E-state index < -0.39 is 5.54 Å². The number of amides is 1. The molecule has 0 radical (unpaired) electrons. The normalized spacial score (nSPS) is 25.7. The van der Waals surface area contributed by atoms with E-state index in [-0.39, 0.29) is 11.9 Å². The van der Waals surface area contributed by atoms with E-state index in [9.17, 15) is 4.79 Å². The van der Waals surface area contributed by atoms with E-state index in [1.54, 1.807) is 12.4 Å². The second-order valence-electron chi connectivity index (χ2n) is 5.80. The van der Waals surface area contributed by atoms with Crippen molar-refractivity contribution in [3.63, 3.8) is 0 Å². The Morgan fingerprint density at radius 1 is 1.26 bits per heavy atom. The van der Waals surface area contributed by atoms with E-state index >= 15 is 0 Å². The lowest BCUT2D eigenvalue weighted by molar-refractivity contribution is -0.137. The van der Waals surface area contributed by atoms with Gasteiger partial charge in [0.2, 0.25) is 5.91 Å². The Bertz CT molecular complexity index is 454. The zero-order chi connectivity index (χ0) is 13.3. The van der Waals surface area contributed by atoms with Crippen molar-refractivity contribution in [3.05, 3.63) is 30.1 Å². The lowest BCUT2D eigenvalue weighted by Gasteiger charge is -2.33. The predicted molar refractivity (Wildman–Crippen MR) is 73.3 cm³/mol. The summed E-state index contributed by atoms with van der Waals surface area (Å²) in [7, 11) is 0. The summed E-state index contributed by atoms with van der Waals surface area (Å²) in [5.41, 5.74) is 6.90. The number of nitrogens with zero attached hydrogens (tertiary/aromatic N) is 2. The highest BCUT2D eigenvalue weighted by atomic mass is 16.2. The molecule has 2 heterocycles. The molecule has 102 valence electrons. The molecule has 2 aliphatic rings. The maximum Gasteiger partial charge on any atom is 0.243 e. The SMILES string of the molecule is NC1(C(=O)N2CCCC2c2ccncc2)CCCC1. The van der Waals surface area contributed by atoms with E-state index in [0.29, 0.717) is 0 Å². The van der Waals surface area contributed by atoms with Crippen molar-refractivity contribution in [2.24, 2.45) is 5.73 Å². The topological polar surface area (TPSA) is 59.2 Å². The number of pyridine rings is 1. The number of nitrogens with two attached hydrogens (primary N) is 1. The van der Waals surface area contributed by atoms with Gasteiger partial charge in [0.1, 0.15) is 0 Å². The number of hydrogen-bond donors (Lipinski definition) is 1. The summed E-state index contributed by atoms with van der Waals surface area (Å²) < 4.78 is 0. The molecule has 19 heavy (non-hydrogen) atoms. The average molecular weight is 259 g/mol. The molecular formula is C15H21N3O. The number of aromatic nitrogens is 1. The predicted octanol–water partition coefficient (Wildman–Crippen LogP) is 2.02. The molecule has 1 amide bonds. The first-order valence-corrected chi connectivity index (χ1v) is 7.21. The number of carbonyl (C=O) groups excluding carboxylic acids is 1. The minimum absolute atomic E-state index is 0.157. The van der Waals surface area contributed by atoms with Gasteiger partial charge in [0, 0.05) is 18.9 Å². The Morgan fingerprint density at radius 3 is 2.63 bits per heavy atom. The molecule has 1 aromatic rings. The first-order valence-electron chi connectivity index (χ1n) is 7.21. The second kappa shape index (κ2) is 4.93. The van der Waals surface area contributed by atoms with Crippen LogP contribution in [0.3, 0.4) is 0 Å². The number of likely N-dealkylation sites (tertiary alicyclic amines) is 1. The lowest BCUT2D eigenvalue weighted by Crippen LogP contribution is -2.53. The number of rotatable bonds is 2. The van der Waals surface area contributed by atoms with Gasteiger partial charge in [0.15, 0.2) is 0 Å². The summed E-state index contributed by atoms with van der Waals surface area (Å²) in [6, 6.07) is 4.21. The first-order chi connectivity index (χ1) is 9.21. The van der Waals surface area contributed by atoms with Gasteiger partial charge in [-0.15, -0.1) is 0 Å². The molecule has 1 saturated heterocycles. The van der Waals surface area contributed by atoms with Crippen molar-refractivity contribution in [2.45, 2.75) is 50.1 Å². The van der Waals surface area contributed by atoms with E-state index in [1.165, 1.54) is 5.56 Å². The molecule has 4 nitrogen and oxygen atoms in total. The highest BCUT2D eigenvalue weighted by Crippen LogP contribution is 2.36. The monoisotopic (exact) mass is 259 g/mol. The molecule has 2 N–H and O–H groups in total. The van der Waals surface area contributed by atoms with Crippen LogP contribution in [0.25, 0.3) is 0 Å². The van der Waals surface area contributed by atoms with E-state index in [2.05, 4.69) is 4.98 Å². The van der Waals surface area contributed by atoms with Crippen LogP contribution in [0.15, 0.2) is 24.5 Å². The maximum atomic E-state index is 12.7. The van der Waals surface area contributed by atoms with Crippen molar-refractivity contribution in [1.29, 1.82) is 0 Å². The Morgan fingerprint density at radius 2 is 1.95 bits per heavy atom. The molecule has 1 saturated carbocycles. The van der Waals surface area contributed by atoms with Crippen molar-refractivity contribution in [3.8, 4) is 0 Å². The highest BCUT2D eigenvalue weighted by molar-refractivity contribution is 5.87. The van der Waals surface area contributed by atoms with Crippen LogP contribution in [0.4, 0.5) is 0 Å². The van der Waals surface area contributed by atoms with Gasteiger partial charge in [0.25, 0.3) is 0 Å². The maximum absolute atomic E-state index is 12.7. The summed E-state index contributed by atoms with van der Waals surface area (Å²) in [6.45, 7) is 0.838. The molecule has 0 bridgehead atoms. The quantitative estimate of drug-likeness (QED) is 0.884. The summed E-state index contributed by atoms with van der Waals surface area (Å²) in [4.78, 5) is 18.8. The molecule has 1 unspecified atom stereocenters. The summed E-state index contributed by atoms with van der Waals surface area (Å²) >= 11 is 0. The molecule has 1 atom stereocenters. The Hall–Kier alpha value is -1.42. The molecule has 1 aromatic heterocycles. The van der Waals surface area contributed by atoms with Crippen LogP contribution in [-0.4, -0.2) is 27.9 Å². The third-order valence-corrected chi connectivity index (χ3v) is 4.53. The van der Waals surface area contributed by atoms with Crippen LogP contribution in [0.5, 0.6) is 0 Å². The molecule has 1 aliphatic carbocycles. The van der Waals surface area contributed by atoms with Crippen molar-refractivity contribution in [1.82, 2.24) is 9.88 Å². The second-order valence-corrected chi connectivity index (χ2v) is 5.80. The van der Waals surface area contributed by atoms with Gasteiger partial charge in [-0.05, 0) is 43.4 Å². The summed E-state index contributed by atoms with van der Waals surface area (Å²) in [5.74, 6) is 0.157. The van der Waals surface area contributed by atoms with Crippen LogP contribution < -0.4 is 5.73 Å². The zero-order valence-electron chi connectivity index (χ0n) is 11.2. The van der Waals surface area contributed by atoms with Crippen LogP contribution >= 0.6 is 0 Å². The minimum Gasteiger partial charge on any atom is -0.334 e. The fraction of sp³-hybridized carbons (Fsp3) is 0.600. The Kier molecular flexibility index (Phi) is 3.27. The van der Waals surface area contributed by atoms with Crippen LogP contribution in [0.1, 0.15) is 50.1 Å². The van der Waals surface area contributed by atoms with Crippen molar-refractivity contribution in [2.75, 3.05) is 6.54 Å². The smallest absolute Gasteiger partial charge is 0.243 e. The zero-order valence-corrected chi connectivity index (χ0v) is 11.2. The molecule has 0 aromatic carbocycles. The van der Waals surface area contributed by atoms with Gasteiger partial charge in [-0.3, -0.25) is 9.78 Å². The third kappa shape index (κ3) is 2.25. The summed E-state index contributed by atoms with van der Waals surface area (Å²) in [5, 5.41) is 0. The van der Waals surface area contributed by atoms with Crippen LogP contribution in [0, 0.1) is 0 Å². The summed E-state index contributed by atoms with van der Waals surface area (Å²) in [6.07, 6.45) is 9.53. The molecule has 4 heteroatoms. The van der Waals surface area contributed by atoms with Gasteiger partial charge in [-0.2, -0.15) is 0 Å². The fourth-order valence-corrected chi connectivity index (χ4v) is 3.45. The van der Waals surface area contributed by atoms with Crippen LogP contribution in [-0.2, 0) is 4.79 Å². The minimum atomic E-state index is -0.602. The first kappa shape index (κ1) is 12.6. The third-order valence-electron chi connectivity index (χ3n) is 4.53. The largest absolute Gasteiger partial charge is 0.334 e. The van der Waals surface area contributed by atoms with Gasteiger partial charge in [-0.1, -0.05) is 12.8 Å². The number of carbonyl (C=O) groups is 1. The van der Waals surface area contributed by atoms with E-state index in [0.717, 1.165) is 45.1 Å². The Labute approximate surface area is 114 Å². The standard InChI is InChI=1S/C15H21N3O/c16-15(7-1-2-8-15)14(19)18-11-3-4-13(18)12-5-9-17-10-6-12/h5-6,9-10,13H,1-4,7-8,11,16H2. The van der Waals surface area contributed by atoms with Gasteiger partial charge in [0.05, 0.1) is 11.6 Å². The lowest BCUT2D eigenvalue weighted by atomic mass is 9.96. The van der Waals surface area contributed by atoms with Gasteiger partial charge < -0.3 is 10.6 Å². The van der Waals surface area contributed by atoms with E-state index in [1.807, 2.05) is 17.0 Å². The van der Waals surface area contributed by atoms with Crippen molar-refractivity contribution >= 4 is 5.91 Å². The van der Waals surface area contributed by atoms with E-state index in [4.69, 9.17) is 5.73 Å². The number of hydrogen-bond acceptors (Lipinski definition) is 3. The average Bonchev–Trinajstić information content (AvgIpc) is 3.08. The van der Waals surface area contributed by atoms with Gasteiger partial charge in [-0.25, -0.2) is 0 Å². The molecule has 3 rings (SSSR count). The van der Waals surface area contributed by atoms with Gasteiger partial charge >= 0.3 is 0 Å². The van der Waals surface area contributed by atoms with Crippen molar-refractivity contribution < 1.29 is 4.79 Å². The van der Waals surface area contributed by atoms with Crippen LogP contribution in [0.2, 0.25) is 0 Å². The molecule has 2 fully saturated rings. The Balaban J connectivity index is 1.82. The molecule has 1 aliphatic heterocycles. The highest BCUT2D eigenvalue weighted by Gasteiger charge is 2.43.